The molecule has 0 saturated heterocycles. The molecule has 0 aliphatic heterocycles. The molecule has 4 aromatic rings. The minimum Gasteiger partial charge on any atom is -0.351 e. The Kier molecular flexibility index (Phi) is 2.62. The highest BCUT2D eigenvalue weighted by atomic mass is 16.2. The zero-order valence-electron chi connectivity index (χ0n) is 11.4. The van der Waals surface area contributed by atoms with E-state index in [1.807, 2.05) is 24.3 Å². The Bertz CT molecular complexity index is 1020. The largest absolute Gasteiger partial charge is 0.351 e. The SMILES string of the molecule is O=C(Nc1ccc2[nH]c(=O)[nH]c2c1)c1cc2ccccc2[nH]1. The summed E-state index contributed by atoms with van der Waals surface area (Å²) >= 11 is 0. The number of H-pyrrole nitrogens is 3. The van der Waals surface area contributed by atoms with Crippen molar-refractivity contribution < 1.29 is 4.79 Å². The molecule has 6 heteroatoms. The van der Waals surface area contributed by atoms with Crippen LogP contribution < -0.4 is 11.0 Å². The molecule has 0 spiro atoms. The third kappa shape index (κ3) is 2.07. The van der Waals surface area contributed by atoms with E-state index in [2.05, 4.69) is 20.3 Å². The van der Waals surface area contributed by atoms with Gasteiger partial charge in [0.05, 0.1) is 11.0 Å². The molecule has 6 nitrogen and oxygen atoms in total. The van der Waals surface area contributed by atoms with Gasteiger partial charge in [-0.3, -0.25) is 4.79 Å². The Morgan fingerprint density at radius 3 is 2.55 bits per heavy atom. The molecule has 0 radical (unpaired) electrons. The molecule has 0 fully saturated rings. The number of para-hydroxylation sites is 1. The number of anilines is 1. The fraction of sp³-hybridized carbons (Fsp3) is 0. The van der Waals surface area contributed by atoms with Crippen molar-refractivity contribution >= 4 is 33.5 Å². The lowest BCUT2D eigenvalue weighted by Gasteiger charge is -2.03. The molecule has 2 aromatic carbocycles. The normalized spacial score (nSPS) is 11.1. The van der Waals surface area contributed by atoms with Crippen molar-refractivity contribution in [3.8, 4) is 0 Å². The topological polar surface area (TPSA) is 93.5 Å². The van der Waals surface area contributed by atoms with Crippen molar-refractivity contribution in [1.82, 2.24) is 15.0 Å². The standard InChI is InChI=1S/C16H12N4O2/c21-15(14-7-9-3-1-2-4-11(9)18-14)17-10-5-6-12-13(8-10)20-16(22)19-12/h1-8,18H,(H,17,21)(H2,19,20,22). The summed E-state index contributed by atoms with van der Waals surface area (Å²) in [6, 6.07) is 14.7. The van der Waals surface area contributed by atoms with E-state index in [0.29, 0.717) is 22.4 Å². The molecule has 0 atom stereocenters. The summed E-state index contributed by atoms with van der Waals surface area (Å²) in [4.78, 5) is 31.9. The summed E-state index contributed by atoms with van der Waals surface area (Å²) in [5.41, 5.74) is 3.11. The molecule has 4 rings (SSSR count). The van der Waals surface area contributed by atoms with Gasteiger partial charge >= 0.3 is 5.69 Å². The first-order valence-electron chi connectivity index (χ1n) is 6.80. The van der Waals surface area contributed by atoms with Crippen molar-refractivity contribution in [2.24, 2.45) is 0 Å². The molecule has 0 aliphatic rings. The number of hydrogen-bond acceptors (Lipinski definition) is 2. The van der Waals surface area contributed by atoms with E-state index in [9.17, 15) is 9.59 Å². The van der Waals surface area contributed by atoms with Crippen LogP contribution in [0.25, 0.3) is 21.9 Å². The van der Waals surface area contributed by atoms with Crippen LogP contribution in [0, 0.1) is 0 Å². The highest BCUT2D eigenvalue weighted by Crippen LogP contribution is 2.18. The monoisotopic (exact) mass is 292 g/mol. The average molecular weight is 292 g/mol. The number of fused-ring (bicyclic) bond motifs is 2. The smallest absolute Gasteiger partial charge is 0.323 e. The second-order valence-corrected chi connectivity index (χ2v) is 5.06. The highest BCUT2D eigenvalue weighted by molar-refractivity contribution is 6.06. The predicted octanol–water partition coefficient (Wildman–Crippen LogP) is 2.59. The average Bonchev–Trinajstić information content (AvgIpc) is 3.08. The van der Waals surface area contributed by atoms with Gasteiger partial charge in [-0.25, -0.2) is 4.79 Å². The number of aromatic amines is 3. The summed E-state index contributed by atoms with van der Waals surface area (Å²) in [5.74, 6) is -0.228. The first kappa shape index (κ1) is 12.5. The molecule has 2 aromatic heterocycles. The van der Waals surface area contributed by atoms with E-state index in [1.54, 1.807) is 24.3 Å². The van der Waals surface area contributed by atoms with Crippen LogP contribution in [-0.2, 0) is 0 Å². The van der Waals surface area contributed by atoms with Gasteiger partial charge in [-0.15, -0.1) is 0 Å². The number of aromatic nitrogens is 3. The maximum absolute atomic E-state index is 12.3. The van der Waals surface area contributed by atoms with E-state index in [4.69, 9.17) is 0 Å². The first-order valence-corrected chi connectivity index (χ1v) is 6.80. The summed E-state index contributed by atoms with van der Waals surface area (Å²) in [6.07, 6.45) is 0. The Balaban J connectivity index is 1.65. The van der Waals surface area contributed by atoms with Gasteiger partial charge in [0.15, 0.2) is 0 Å². The fourth-order valence-electron chi connectivity index (χ4n) is 2.50. The zero-order valence-corrected chi connectivity index (χ0v) is 11.4. The van der Waals surface area contributed by atoms with Gasteiger partial charge < -0.3 is 20.3 Å². The maximum Gasteiger partial charge on any atom is 0.323 e. The lowest BCUT2D eigenvalue weighted by Crippen LogP contribution is -2.12. The van der Waals surface area contributed by atoms with Gasteiger partial charge in [0.25, 0.3) is 5.91 Å². The summed E-state index contributed by atoms with van der Waals surface area (Å²) in [6.45, 7) is 0. The van der Waals surface area contributed by atoms with Crippen molar-refractivity contribution in [2.45, 2.75) is 0 Å². The number of rotatable bonds is 2. The maximum atomic E-state index is 12.3. The lowest BCUT2D eigenvalue weighted by atomic mass is 10.2. The summed E-state index contributed by atoms with van der Waals surface area (Å²) < 4.78 is 0. The van der Waals surface area contributed by atoms with Gasteiger partial charge in [0.2, 0.25) is 0 Å². The van der Waals surface area contributed by atoms with Crippen LogP contribution in [0.1, 0.15) is 10.5 Å². The molecular weight excluding hydrogens is 280 g/mol. The molecule has 0 unspecified atom stereocenters. The minimum absolute atomic E-state index is 0.228. The second kappa shape index (κ2) is 4.63. The Morgan fingerprint density at radius 1 is 0.864 bits per heavy atom. The van der Waals surface area contributed by atoms with Crippen molar-refractivity contribution in [1.29, 1.82) is 0 Å². The molecule has 1 amide bonds. The quantitative estimate of drug-likeness (QED) is 0.457. The third-order valence-corrected chi connectivity index (χ3v) is 3.55. The van der Waals surface area contributed by atoms with Gasteiger partial charge in [-0.1, -0.05) is 18.2 Å². The zero-order chi connectivity index (χ0) is 15.1. The molecule has 0 saturated carbocycles. The van der Waals surface area contributed by atoms with Crippen LogP contribution >= 0.6 is 0 Å². The summed E-state index contributed by atoms with van der Waals surface area (Å²) in [5, 5.41) is 3.80. The molecule has 2 heterocycles. The first-order chi connectivity index (χ1) is 10.7. The summed E-state index contributed by atoms with van der Waals surface area (Å²) in [7, 11) is 0. The number of nitrogens with one attached hydrogen (secondary N) is 4. The van der Waals surface area contributed by atoms with Crippen molar-refractivity contribution in [3.05, 3.63) is 64.7 Å². The number of benzene rings is 2. The Hall–Kier alpha value is -3.28. The van der Waals surface area contributed by atoms with Crippen molar-refractivity contribution in [2.75, 3.05) is 5.32 Å². The van der Waals surface area contributed by atoms with Crippen LogP contribution in [0.5, 0.6) is 0 Å². The molecule has 0 aliphatic carbocycles. The molecule has 4 N–H and O–H groups in total. The van der Waals surface area contributed by atoms with Crippen molar-refractivity contribution in [3.63, 3.8) is 0 Å². The van der Waals surface area contributed by atoms with E-state index < -0.39 is 0 Å². The van der Waals surface area contributed by atoms with E-state index >= 15 is 0 Å². The minimum atomic E-state index is -0.269. The fourth-order valence-corrected chi connectivity index (χ4v) is 2.50. The Labute approximate surface area is 124 Å². The van der Waals surface area contributed by atoms with Gasteiger partial charge in [0, 0.05) is 16.6 Å². The lowest BCUT2D eigenvalue weighted by molar-refractivity contribution is 0.102. The van der Waals surface area contributed by atoms with Crippen LogP contribution in [0.4, 0.5) is 5.69 Å². The molecule has 108 valence electrons. The number of carbonyl (C=O) groups is 1. The second-order valence-electron chi connectivity index (χ2n) is 5.06. The predicted molar refractivity (Wildman–Crippen MR) is 85.2 cm³/mol. The molecular formula is C16H12N4O2. The van der Waals surface area contributed by atoms with Gasteiger partial charge in [-0.2, -0.15) is 0 Å². The molecule has 0 bridgehead atoms. The number of imidazole rings is 1. The number of amides is 1. The van der Waals surface area contributed by atoms with Gasteiger partial charge in [0.1, 0.15) is 5.69 Å². The number of hydrogen-bond donors (Lipinski definition) is 4. The van der Waals surface area contributed by atoms with E-state index in [1.165, 1.54) is 0 Å². The molecule has 22 heavy (non-hydrogen) atoms. The van der Waals surface area contributed by atoms with E-state index in [0.717, 1.165) is 10.9 Å². The van der Waals surface area contributed by atoms with Crippen LogP contribution in [0.15, 0.2) is 53.3 Å². The van der Waals surface area contributed by atoms with Gasteiger partial charge in [-0.05, 0) is 30.3 Å². The van der Waals surface area contributed by atoms with Crippen LogP contribution in [0.3, 0.4) is 0 Å². The van der Waals surface area contributed by atoms with E-state index in [-0.39, 0.29) is 11.6 Å². The Morgan fingerprint density at radius 2 is 1.68 bits per heavy atom. The number of carbonyl (C=O) groups excluding carboxylic acids is 1. The van der Waals surface area contributed by atoms with Crippen LogP contribution in [0.2, 0.25) is 0 Å². The highest BCUT2D eigenvalue weighted by Gasteiger charge is 2.10. The van der Waals surface area contributed by atoms with Crippen LogP contribution in [-0.4, -0.2) is 20.9 Å². The third-order valence-electron chi connectivity index (χ3n) is 3.55.